The standard InChI is InChI=1S/C10H11N3O2S/c14-13(15)9-5-2-1-4-8(9)12-7-3-6-11-10(12)16/h1-2,4-5H,3,6-7H2,(H,11,16). The van der Waals surface area contributed by atoms with Gasteiger partial charge in [-0.3, -0.25) is 10.1 Å². The van der Waals surface area contributed by atoms with Crippen molar-refractivity contribution in [1.82, 2.24) is 5.32 Å². The Morgan fingerprint density at radius 2 is 2.19 bits per heavy atom. The van der Waals surface area contributed by atoms with Crippen molar-refractivity contribution in [2.75, 3.05) is 18.0 Å². The van der Waals surface area contributed by atoms with E-state index in [1.54, 1.807) is 23.1 Å². The molecule has 0 radical (unpaired) electrons. The van der Waals surface area contributed by atoms with Crippen LogP contribution in [0, 0.1) is 10.1 Å². The summed E-state index contributed by atoms with van der Waals surface area (Å²) in [5.74, 6) is 0. The van der Waals surface area contributed by atoms with Crippen LogP contribution < -0.4 is 10.2 Å². The first-order valence-electron chi connectivity index (χ1n) is 4.99. The number of hydrogen-bond donors (Lipinski definition) is 1. The fraction of sp³-hybridized carbons (Fsp3) is 0.300. The van der Waals surface area contributed by atoms with Gasteiger partial charge in [0.15, 0.2) is 5.11 Å². The predicted molar refractivity (Wildman–Crippen MR) is 65.7 cm³/mol. The highest BCUT2D eigenvalue weighted by molar-refractivity contribution is 7.80. The van der Waals surface area contributed by atoms with Crippen LogP contribution in [0.5, 0.6) is 0 Å². The van der Waals surface area contributed by atoms with Crippen molar-refractivity contribution < 1.29 is 4.92 Å². The first kappa shape index (κ1) is 10.8. The van der Waals surface area contributed by atoms with Gasteiger partial charge in [0.05, 0.1) is 4.92 Å². The molecule has 0 aromatic heterocycles. The highest BCUT2D eigenvalue weighted by atomic mass is 32.1. The van der Waals surface area contributed by atoms with Crippen LogP contribution in [0.4, 0.5) is 11.4 Å². The fourth-order valence-corrected chi connectivity index (χ4v) is 2.00. The Hall–Kier alpha value is -1.69. The zero-order valence-corrected chi connectivity index (χ0v) is 9.37. The SMILES string of the molecule is O=[N+]([O-])c1ccccc1N1CCCNC1=S. The predicted octanol–water partition coefficient (Wildman–Crippen LogP) is 1.68. The molecule has 0 saturated carbocycles. The molecule has 2 rings (SSSR count). The summed E-state index contributed by atoms with van der Waals surface area (Å²) >= 11 is 5.15. The highest BCUT2D eigenvalue weighted by Crippen LogP contribution is 2.28. The van der Waals surface area contributed by atoms with Crippen molar-refractivity contribution in [3.8, 4) is 0 Å². The van der Waals surface area contributed by atoms with E-state index in [-0.39, 0.29) is 10.6 Å². The second-order valence-electron chi connectivity index (χ2n) is 3.48. The third kappa shape index (κ3) is 1.96. The van der Waals surface area contributed by atoms with Crippen LogP contribution in [0.1, 0.15) is 6.42 Å². The summed E-state index contributed by atoms with van der Waals surface area (Å²) < 4.78 is 0. The largest absolute Gasteiger partial charge is 0.362 e. The fourth-order valence-electron chi connectivity index (χ4n) is 1.71. The van der Waals surface area contributed by atoms with Gasteiger partial charge in [-0.1, -0.05) is 12.1 Å². The summed E-state index contributed by atoms with van der Waals surface area (Å²) in [7, 11) is 0. The molecule has 1 aromatic rings. The van der Waals surface area contributed by atoms with Crippen LogP contribution in [0.15, 0.2) is 24.3 Å². The third-order valence-corrected chi connectivity index (χ3v) is 2.81. The number of rotatable bonds is 2. The van der Waals surface area contributed by atoms with E-state index in [0.717, 1.165) is 19.5 Å². The molecule has 1 aromatic carbocycles. The van der Waals surface area contributed by atoms with Gasteiger partial charge in [-0.2, -0.15) is 0 Å². The number of nitro groups is 1. The molecule has 1 N–H and O–H groups in total. The van der Waals surface area contributed by atoms with E-state index in [2.05, 4.69) is 5.32 Å². The van der Waals surface area contributed by atoms with E-state index < -0.39 is 0 Å². The van der Waals surface area contributed by atoms with Crippen LogP contribution in [-0.2, 0) is 0 Å². The van der Waals surface area contributed by atoms with Gasteiger partial charge in [-0.15, -0.1) is 0 Å². The lowest BCUT2D eigenvalue weighted by Crippen LogP contribution is -2.46. The Morgan fingerprint density at radius 1 is 1.44 bits per heavy atom. The molecule has 0 aliphatic carbocycles. The van der Waals surface area contributed by atoms with Crippen molar-refractivity contribution in [3.63, 3.8) is 0 Å². The summed E-state index contributed by atoms with van der Waals surface area (Å²) in [4.78, 5) is 12.3. The second-order valence-corrected chi connectivity index (χ2v) is 3.87. The lowest BCUT2D eigenvalue weighted by Gasteiger charge is -2.29. The molecule has 1 aliphatic heterocycles. The Morgan fingerprint density at radius 3 is 2.88 bits per heavy atom. The Balaban J connectivity index is 2.38. The minimum Gasteiger partial charge on any atom is -0.362 e. The van der Waals surface area contributed by atoms with Crippen LogP contribution in [0.2, 0.25) is 0 Å². The molecule has 6 heteroatoms. The quantitative estimate of drug-likeness (QED) is 0.482. The lowest BCUT2D eigenvalue weighted by molar-refractivity contribution is -0.384. The smallest absolute Gasteiger partial charge is 0.292 e. The van der Waals surface area contributed by atoms with Crippen LogP contribution in [0.3, 0.4) is 0 Å². The van der Waals surface area contributed by atoms with Gasteiger partial charge in [0.1, 0.15) is 5.69 Å². The maximum Gasteiger partial charge on any atom is 0.292 e. The van der Waals surface area contributed by atoms with Crippen molar-refractivity contribution >= 4 is 28.7 Å². The molecular weight excluding hydrogens is 226 g/mol. The maximum absolute atomic E-state index is 10.9. The van der Waals surface area contributed by atoms with E-state index in [1.165, 1.54) is 6.07 Å². The van der Waals surface area contributed by atoms with Gasteiger partial charge in [0, 0.05) is 19.2 Å². The minimum atomic E-state index is -0.382. The minimum absolute atomic E-state index is 0.0913. The summed E-state index contributed by atoms with van der Waals surface area (Å²) in [5, 5.41) is 14.5. The summed E-state index contributed by atoms with van der Waals surface area (Å²) in [6.07, 6.45) is 0.923. The number of benzene rings is 1. The molecule has 1 aliphatic rings. The van der Waals surface area contributed by atoms with Crippen LogP contribution >= 0.6 is 12.2 Å². The van der Waals surface area contributed by atoms with Gasteiger partial charge in [-0.25, -0.2) is 0 Å². The van der Waals surface area contributed by atoms with Gasteiger partial charge >= 0.3 is 0 Å². The Kier molecular flexibility index (Phi) is 3.00. The first-order valence-corrected chi connectivity index (χ1v) is 5.40. The van der Waals surface area contributed by atoms with E-state index in [0.29, 0.717) is 10.8 Å². The lowest BCUT2D eigenvalue weighted by atomic mass is 10.2. The van der Waals surface area contributed by atoms with Crippen molar-refractivity contribution in [3.05, 3.63) is 34.4 Å². The first-order chi connectivity index (χ1) is 7.70. The third-order valence-electron chi connectivity index (χ3n) is 2.45. The number of anilines is 1. The molecule has 0 atom stereocenters. The summed E-state index contributed by atoms with van der Waals surface area (Å²) in [6, 6.07) is 6.64. The molecule has 0 amide bonds. The van der Waals surface area contributed by atoms with Gasteiger partial charge in [0.2, 0.25) is 0 Å². The molecule has 5 nitrogen and oxygen atoms in total. The molecule has 1 fully saturated rings. The molecule has 0 unspecified atom stereocenters. The number of thiocarbonyl (C=S) groups is 1. The second kappa shape index (κ2) is 4.44. The van der Waals surface area contributed by atoms with Crippen LogP contribution in [-0.4, -0.2) is 23.1 Å². The molecule has 0 spiro atoms. The molecular formula is C10H11N3O2S. The van der Waals surface area contributed by atoms with Gasteiger partial charge in [-0.05, 0) is 24.7 Å². The summed E-state index contributed by atoms with van der Waals surface area (Å²) in [6.45, 7) is 1.55. The maximum atomic E-state index is 10.9. The monoisotopic (exact) mass is 237 g/mol. The Bertz CT molecular complexity index is 436. The van der Waals surface area contributed by atoms with E-state index >= 15 is 0 Å². The molecule has 84 valence electrons. The summed E-state index contributed by atoms with van der Waals surface area (Å²) in [5.41, 5.74) is 0.651. The zero-order chi connectivity index (χ0) is 11.5. The number of hydrogen-bond acceptors (Lipinski definition) is 3. The average Bonchev–Trinajstić information content (AvgIpc) is 2.29. The molecule has 1 heterocycles. The number of nitrogens with one attached hydrogen (secondary N) is 1. The van der Waals surface area contributed by atoms with Gasteiger partial charge < -0.3 is 10.2 Å². The number of nitrogens with zero attached hydrogens (tertiary/aromatic N) is 2. The van der Waals surface area contributed by atoms with E-state index in [9.17, 15) is 10.1 Å². The normalized spacial score (nSPS) is 15.8. The Labute approximate surface area is 98.2 Å². The van der Waals surface area contributed by atoms with Crippen LogP contribution in [0.25, 0.3) is 0 Å². The van der Waals surface area contributed by atoms with E-state index in [1.807, 2.05) is 0 Å². The molecule has 0 bridgehead atoms. The van der Waals surface area contributed by atoms with Crippen molar-refractivity contribution in [1.29, 1.82) is 0 Å². The van der Waals surface area contributed by atoms with Crippen molar-refractivity contribution in [2.45, 2.75) is 6.42 Å². The van der Waals surface area contributed by atoms with Gasteiger partial charge in [0.25, 0.3) is 5.69 Å². The zero-order valence-electron chi connectivity index (χ0n) is 8.55. The molecule has 16 heavy (non-hydrogen) atoms. The van der Waals surface area contributed by atoms with E-state index in [4.69, 9.17) is 12.2 Å². The van der Waals surface area contributed by atoms with Crippen molar-refractivity contribution in [2.24, 2.45) is 0 Å². The number of nitro benzene ring substituents is 1. The molecule has 1 saturated heterocycles. The number of para-hydroxylation sites is 2. The average molecular weight is 237 g/mol. The highest BCUT2D eigenvalue weighted by Gasteiger charge is 2.23. The topological polar surface area (TPSA) is 58.4 Å².